The number of carbonyl (C=O) groups is 2. The van der Waals surface area contributed by atoms with Gasteiger partial charge in [-0.3, -0.25) is 14.4 Å². The van der Waals surface area contributed by atoms with Crippen molar-refractivity contribution in [1.82, 2.24) is 10.3 Å². The maximum Gasteiger partial charge on any atom is 0.254 e. The average molecular weight is 579 g/mol. The lowest BCUT2D eigenvalue weighted by molar-refractivity contribution is -0.111. The molecule has 1 aliphatic rings. The number of aromatic amines is 1. The molecule has 3 aromatic rings. The van der Waals surface area contributed by atoms with Crippen LogP contribution >= 0.6 is 11.8 Å². The summed E-state index contributed by atoms with van der Waals surface area (Å²) in [7, 11) is 1.99. The summed E-state index contributed by atoms with van der Waals surface area (Å²) in [6.45, 7) is 8.55. The largest absolute Gasteiger partial charge is 0.381 e. The summed E-state index contributed by atoms with van der Waals surface area (Å²) in [5.41, 5.74) is 4.45. The summed E-state index contributed by atoms with van der Waals surface area (Å²) in [5.74, 6) is -1.34. The number of hydrogen-bond acceptors (Lipinski definition) is 6. The molecule has 216 valence electrons. The van der Waals surface area contributed by atoms with Crippen molar-refractivity contribution < 1.29 is 18.7 Å². The van der Waals surface area contributed by atoms with Gasteiger partial charge in [-0.15, -0.1) is 11.8 Å². The van der Waals surface area contributed by atoms with Crippen LogP contribution in [0.2, 0.25) is 0 Å². The van der Waals surface area contributed by atoms with Gasteiger partial charge in [-0.2, -0.15) is 0 Å². The molecule has 3 N–H and O–H groups in total. The first kappa shape index (κ1) is 30.1. The third-order valence-electron chi connectivity index (χ3n) is 7.35. The van der Waals surface area contributed by atoms with Crippen LogP contribution in [0.4, 0.5) is 15.8 Å². The quantitative estimate of drug-likeness (QED) is 0.239. The number of hydrogen-bond donors (Lipinski definition) is 3. The SMILES string of the molecule is C=CC(=O)Nc1cc(F)ccc1-c1cc(C(=O)NCc2c(SC)cc(C)[nH]c2=O)c(C)c(N(C)C2CCOCC2)c1. The maximum absolute atomic E-state index is 14.2. The van der Waals surface area contributed by atoms with Gasteiger partial charge >= 0.3 is 0 Å². The lowest BCUT2D eigenvalue weighted by Crippen LogP contribution is -2.37. The van der Waals surface area contributed by atoms with Gasteiger partial charge in [0.1, 0.15) is 5.82 Å². The molecule has 0 unspecified atom stereocenters. The number of anilines is 2. The molecule has 0 bridgehead atoms. The van der Waals surface area contributed by atoms with E-state index in [1.807, 2.05) is 39.3 Å². The van der Waals surface area contributed by atoms with Crippen LogP contribution in [0.5, 0.6) is 0 Å². The van der Waals surface area contributed by atoms with E-state index in [1.54, 1.807) is 12.1 Å². The smallest absolute Gasteiger partial charge is 0.254 e. The number of aryl methyl sites for hydroxylation is 1. The van der Waals surface area contributed by atoms with E-state index < -0.39 is 11.7 Å². The van der Waals surface area contributed by atoms with Crippen LogP contribution < -0.4 is 21.1 Å². The van der Waals surface area contributed by atoms with Gasteiger partial charge in [0.2, 0.25) is 5.91 Å². The Bertz CT molecular complexity index is 1530. The van der Waals surface area contributed by atoms with E-state index in [1.165, 1.54) is 23.9 Å². The number of halogens is 1. The Labute approximate surface area is 243 Å². The lowest BCUT2D eigenvalue weighted by atomic mass is 9.94. The van der Waals surface area contributed by atoms with Crippen molar-refractivity contribution in [2.75, 3.05) is 36.7 Å². The van der Waals surface area contributed by atoms with Gasteiger partial charge in [-0.05, 0) is 86.5 Å². The number of benzene rings is 2. The molecule has 2 heterocycles. The second kappa shape index (κ2) is 13.2. The summed E-state index contributed by atoms with van der Waals surface area (Å²) >= 11 is 1.45. The van der Waals surface area contributed by atoms with E-state index in [2.05, 4.69) is 27.1 Å². The molecule has 10 heteroatoms. The highest BCUT2D eigenvalue weighted by molar-refractivity contribution is 7.98. The predicted octanol–water partition coefficient (Wildman–Crippen LogP) is 5.19. The number of aromatic nitrogens is 1. The fourth-order valence-corrected chi connectivity index (χ4v) is 5.79. The summed E-state index contributed by atoms with van der Waals surface area (Å²) in [5, 5.41) is 5.60. The first-order valence-electron chi connectivity index (χ1n) is 13.4. The normalized spacial score (nSPS) is 13.5. The molecule has 1 fully saturated rings. The summed E-state index contributed by atoms with van der Waals surface area (Å²) < 4.78 is 19.8. The van der Waals surface area contributed by atoms with Crippen molar-refractivity contribution in [1.29, 1.82) is 0 Å². The molecular formula is C31H35FN4O4S. The Morgan fingerprint density at radius 3 is 2.61 bits per heavy atom. The highest BCUT2D eigenvalue weighted by atomic mass is 32.2. The fourth-order valence-electron chi connectivity index (χ4n) is 5.08. The molecule has 1 aliphatic heterocycles. The van der Waals surface area contributed by atoms with Crippen LogP contribution in [-0.4, -0.2) is 49.4 Å². The maximum atomic E-state index is 14.2. The van der Waals surface area contributed by atoms with Gasteiger partial charge in [0.05, 0.1) is 5.69 Å². The van der Waals surface area contributed by atoms with Crippen molar-refractivity contribution in [3.05, 3.63) is 87.6 Å². The molecule has 0 saturated carbocycles. The molecule has 4 rings (SSSR count). The number of carbonyl (C=O) groups excluding carboxylic acids is 2. The third-order valence-corrected chi connectivity index (χ3v) is 8.16. The number of amides is 2. The van der Waals surface area contributed by atoms with E-state index in [4.69, 9.17) is 4.74 Å². The first-order chi connectivity index (χ1) is 19.6. The molecule has 0 atom stereocenters. The van der Waals surface area contributed by atoms with Crippen LogP contribution in [0.3, 0.4) is 0 Å². The minimum atomic E-state index is -0.509. The molecule has 41 heavy (non-hydrogen) atoms. The second-order valence-corrected chi connectivity index (χ2v) is 10.9. The highest BCUT2D eigenvalue weighted by Crippen LogP contribution is 2.36. The van der Waals surface area contributed by atoms with Crippen molar-refractivity contribution >= 4 is 35.0 Å². The number of nitrogens with one attached hydrogen (secondary N) is 3. The highest BCUT2D eigenvalue weighted by Gasteiger charge is 2.24. The topological polar surface area (TPSA) is 104 Å². The van der Waals surface area contributed by atoms with Crippen LogP contribution in [0.1, 0.15) is 40.0 Å². The van der Waals surface area contributed by atoms with Crippen LogP contribution in [0, 0.1) is 19.7 Å². The zero-order valence-corrected chi connectivity index (χ0v) is 24.5. The number of thioether (sulfide) groups is 1. The van der Waals surface area contributed by atoms with Gasteiger partial charge in [0, 0.05) is 65.8 Å². The van der Waals surface area contributed by atoms with E-state index in [9.17, 15) is 18.8 Å². The monoisotopic (exact) mass is 578 g/mol. The Kier molecular flexibility index (Phi) is 9.67. The van der Waals surface area contributed by atoms with Crippen molar-refractivity contribution in [3.63, 3.8) is 0 Å². The fraction of sp³-hybridized carbons (Fsp3) is 0.323. The molecule has 2 amide bonds. The molecule has 1 aromatic heterocycles. The molecule has 0 aliphatic carbocycles. The standard InChI is InChI=1S/C31H35FN4O4S/c1-6-29(37)35-26-16-21(32)7-8-23(26)20-14-24(19(3)27(15-20)36(4)22-9-11-40-12-10-22)30(38)33-17-25-28(41-5)13-18(2)34-31(25)39/h6-8,13-16,22H,1,9-12,17H2,2-5H3,(H,33,38)(H,34,39)(H,35,37). The number of pyridine rings is 1. The van der Waals surface area contributed by atoms with Gasteiger partial charge < -0.3 is 25.3 Å². The second-order valence-electron chi connectivity index (χ2n) is 10.0. The molecular weight excluding hydrogens is 543 g/mol. The summed E-state index contributed by atoms with van der Waals surface area (Å²) in [4.78, 5) is 44.3. The minimum Gasteiger partial charge on any atom is -0.381 e. The van der Waals surface area contributed by atoms with E-state index in [0.717, 1.165) is 40.8 Å². The minimum absolute atomic E-state index is 0.0522. The Balaban J connectivity index is 1.79. The van der Waals surface area contributed by atoms with E-state index >= 15 is 0 Å². The van der Waals surface area contributed by atoms with E-state index in [-0.39, 0.29) is 29.7 Å². The Hall–Kier alpha value is -3.89. The number of H-pyrrole nitrogens is 1. The third kappa shape index (κ3) is 6.89. The zero-order chi connectivity index (χ0) is 29.7. The van der Waals surface area contributed by atoms with Gasteiger partial charge in [0.15, 0.2) is 0 Å². The number of ether oxygens (including phenoxy) is 1. The molecule has 8 nitrogen and oxygen atoms in total. The molecule has 0 radical (unpaired) electrons. The molecule has 2 aromatic carbocycles. The van der Waals surface area contributed by atoms with Crippen molar-refractivity contribution in [2.24, 2.45) is 0 Å². The Morgan fingerprint density at radius 2 is 1.93 bits per heavy atom. The zero-order valence-electron chi connectivity index (χ0n) is 23.7. The lowest BCUT2D eigenvalue weighted by Gasteiger charge is -2.34. The number of rotatable bonds is 9. The summed E-state index contributed by atoms with van der Waals surface area (Å²) in [6, 6.07) is 9.91. The predicted molar refractivity (Wildman–Crippen MR) is 162 cm³/mol. The van der Waals surface area contributed by atoms with Gasteiger partial charge in [-0.1, -0.05) is 6.58 Å². The van der Waals surface area contributed by atoms with Crippen LogP contribution in [-0.2, 0) is 16.1 Å². The van der Waals surface area contributed by atoms with E-state index in [0.29, 0.717) is 35.5 Å². The summed E-state index contributed by atoms with van der Waals surface area (Å²) in [6.07, 6.45) is 4.68. The first-order valence-corrected chi connectivity index (χ1v) is 14.6. The molecule has 0 spiro atoms. The Morgan fingerprint density at radius 1 is 1.20 bits per heavy atom. The van der Waals surface area contributed by atoms with Crippen LogP contribution in [0.15, 0.2) is 58.7 Å². The van der Waals surface area contributed by atoms with Gasteiger partial charge in [0.25, 0.3) is 11.5 Å². The average Bonchev–Trinajstić information content (AvgIpc) is 2.96. The van der Waals surface area contributed by atoms with Gasteiger partial charge in [-0.25, -0.2) is 4.39 Å². The van der Waals surface area contributed by atoms with Crippen molar-refractivity contribution in [2.45, 2.75) is 44.2 Å². The number of nitrogens with zero attached hydrogens (tertiary/aromatic N) is 1. The van der Waals surface area contributed by atoms with Crippen molar-refractivity contribution in [3.8, 4) is 11.1 Å². The van der Waals surface area contributed by atoms with Crippen LogP contribution in [0.25, 0.3) is 11.1 Å². The molecule has 1 saturated heterocycles.